The van der Waals surface area contributed by atoms with Crippen LogP contribution in [0.25, 0.3) is 32.4 Å². The van der Waals surface area contributed by atoms with Crippen LogP contribution in [0, 0.1) is 0 Å². The minimum absolute atomic E-state index is 0. The van der Waals surface area contributed by atoms with Crippen LogP contribution in [0.4, 0.5) is 24.5 Å². The van der Waals surface area contributed by atoms with Crippen LogP contribution in [0.5, 0.6) is 0 Å². The van der Waals surface area contributed by atoms with Crippen molar-refractivity contribution in [2.45, 2.75) is 101 Å². The summed E-state index contributed by atoms with van der Waals surface area (Å²) in [6.45, 7) is 4.50. The van der Waals surface area contributed by atoms with Gasteiger partial charge in [0, 0.05) is 33.7 Å². The number of para-hydroxylation sites is 2. The first-order chi connectivity index (χ1) is 32.6. The Morgan fingerprint density at radius 1 is 1.00 bits per heavy atom. The number of aromatic nitrogens is 2. The molecule has 18 heteroatoms. The number of nitrogens with zero attached hydrogens (tertiary/aromatic N) is 6. The number of isothiocyanates is 1. The number of aliphatic carboxylic acids is 1. The van der Waals surface area contributed by atoms with Gasteiger partial charge in [0.1, 0.15) is 6.04 Å². The quantitative estimate of drug-likeness (QED) is 0.0372. The number of pyridine rings is 1. The summed E-state index contributed by atoms with van der Waals surface area (Å²) in [4.78, 5) is 35.7. The first-order valence-corrected chi connectivity index (χ1v) is 23.5. The molecule has 0 spiro atoms. The second kappa shape index (κ2) is 27.5. The maximum Gasteiger partial charge on any atom is 4.00 e. The Labute approximate surface area is 424 Å². The first kappa shape index (κ1) is 56.0. The van der Waals surface area contributed by atoms with Crippen molar-refractivity contribution >= 4 is 63.1 Å². The zero-order chi connectivity index (χ0) is 49.2. The molecule has 5 heterocycles. The molecule has 2 aromatic carbocycles. The fourth-order valence-corrected chi connectivity index (χ4v) is 9.15. The normalized spacial score (nSPS) is 17.1. The van der Waals surface area contributed by atoms with E-state index in [9.17, 15) is 33.0 Å². The van der Waals surface area contributed by atoms with Crippen molar-refractivity contribution in [3.63, 3.8) is 0 Å². The number of anilines is 2. The van der Waals surface area contributed by atoms with Gasteiger partial charge in [0.05, 0.1) is 11.1 Å². The van der Waals surface area contributed by atoms with E-state index in [4.69, 9.17) is 16.9 Å². The van der Waals surface area contributed by atoms with Gasteiger partial charge in [0.2, 0.25) is 0 Å². The van der Waals surface area contributed by atoms with Gasteiger partial charge >= 0.3 is 37.6 Å². The number of unbranched alkanes of at least 4 members (excludes halogenated alkanes) is 5. The van der Waals surface area contributed by atoms with Gasteiger partial charge in [-0.25, -0.2) is 9.59 Å². The molecule has 3 aliphatic rings. The summed E-state index contributed by atoms with van der Waals surface area (Å²) in [5.74, 6) is -2.20. The van der Waals surface area contributed by atoms with E-state index < -0.39 is 42.7 Å². The van der Waals surface area contributed by atoms with E-state index in [1.165, 1.54) is 80.0 Å². The molecule has 0 saturated carbocycles. The first-order valence-electron chi connectivity index (χ1n) is 22.2. The van der Waals surface area contributed by atoms with Crippen LogP contribution in [0.1, 0.15) is 117 Å². The Balaban J connectivity index is 0.000000291. The maximum absolute atomic E-state index is 12.6. The number of nitrogens with one attached hydrogen (secondary N) is 1. The monoisotopic (exact) mass is 1070 g/mol. The third-order valence-corrected chi connectivity index (χ3v) is 12.7. The predicted molar refractivity (Wildman–Crippen MR) is 269 cm³/mol. The number of carboxylic acid groups (broad SMARTS) is 2. The maximum atomic E-state index is 12.6. The van der Waals surface area contributed by atoms with Crippen LogP contribution in [-0.4, -0.2) is 56.3 Å². The van der Waals surface area contributed by atoms with Gasteiger partial charge in [-0.1, -0.05) is 142 Å². The number of carbonyl (C=O) groups is 2. The molecule has 0 saturated heterocycles. The van der Waals surface area contributed by atoms with Crippen molar-refractivity contribution in [1.29, 1.82) is 0 Å². The molecule has 2 aromatic heterocycles. The summed E-state index contributed by atoms with van der Waals surface area (Å²) in [5, 5.41) is 37.0. The average Bonchev–Trinajstić information content (AvgIpc) is 3.98. The fourth-order valence-electron chi connectivity index (χ4n) is 7.68. The van der Waals surface area contributed by atoms with E-state index in [1.807, 2.05) is 90.6 Å². The van der Waals surface area contributed by atoms with Crippen LogP contribution in [0.3, 0.4) is 0 Å². The van der Waals surface area contributed by atoms with Crippen molar-refractivity contribution in [2.24, 2.45) is 5.73 Å². The molecular formula is C51H54F3N8O4RuS2-. The van der Waals surface area contributed by atoms with Crippen molar-refractivity contribution in [2.75, 3.05) is 11.4 Å². The zero-order valence-electron chi connectivity index (χ0n) is 38.1. The Morgan fingerprint density at radius 2 is 1.64 bits per heavy atom. The number of carboxylic acids is 2. The molecule has 0 amide bonds. The Bertz CT molecular complexity index is 2490. The van der Waals surface area contributed by atoms with E-state index in [0.717, 1.165) is 34.1 Å². The molecule has 4 unspecified atom stereocenters. The number of hydrogen-bond acceptors (Lipinski definition) is 7. The number of hydrogen-bond donors (Lipinski definition) is 3. The number of alkyl halides is 3. The smallest absolute Gasteiger partial charge is 0.753 e. The topological polar surface area (TPSA) is 205 Å². The molecule has 12 nitrogen and oxygen atoms in total. The molecule has 364 valence electrons. The zero-order valence-corrected chi connectivity index (χ0v) is 41.5. The van der Waals surface area contributed by atoms with Gasteiger partial charge in [0.25, 0.3) is 0 Å². The van der Waals surface area contributed by atoms with Gasteiger partial charge in [-0.05, 0) is 67.5 Å². The molecule has 7 rings (SSSR count). The minimum Gasteiger partial charge on any atom is -0.753 e. The van der Waals surface area contributed by atoms with Gasteiger partial charge in [0.15, 0.2) is 0 Å². The largest absolute Gasteiger partial charge is 4.00 e. The van der Waals surface area contributed by atoms with Crippen LogP contribution < -0.4 is 15.6 Å². The minimum atomic E-state index is -4.47. The van der Waals surface area contributed by atoms with Crippen molar-refractivity contribution in [3.05, 3.63) is 182 Å². The molecule has 0 fully saturated rings. The molecule has 0 aliphatic carbocycles. The van der Waals surface area contributed by atoms with E-state index >= 15 is 0 Å². The summed E-state index contributed by atoms with van der Waals surface area (Å²) < 4.78 is 37.9. The van der Waals surface area contributed by atoms with Gasteiger partial charge in [-0.15, -0.1) is 35.7 Å². The van der Waals surface area contributed by atoms with Crippen molar-refractivity contribution < 1.29 is 52.5 Å². The second-order valence-electron chi connectivity index (χ2n) is 16.2. The van der Waals surface area contributed by atoms with E-state index in [-0.39, 0.29) is 42.9 Å². The number of allylic oxidation sites excluding steroid dienone is 2. The number of thioether (sulfide) groups is 1. The number of rotatable bonds is 18. The van der Waals surface area contributed by atoms with Crippen molar-refractivity contribution in [3.8, 4) is 0 Å². The third kappa shape index (κ3) is 16.5. The molecular weight excluding hydrogens is 1010 g/mol. The number of nitrogens with two attached hydrogens (primary N) is 1. The third-order valence-electron chi connectivity index (χ3n) is 11.1. The van der Waals surface area contributed by atoms with Crippen LogP contribution in [0.2, 0.25) is 0 Å². The van der Waals surface area contributed by atoms with Crippen LogP contribution >= 0.6 is 24.0 Å². The molecule has 0 bridgehead atoms. The van der Waals surface area contributed by atoms with Crippen molar-refractivity contribution in [1.82, 2.24) is 9.97 Å². The Kier molecular flexibility index (Phi) is 22.4. The molecule has 4 atom stereocenters. The summed E-state index contributed by atoms with van der Waals surface area (Å²) in [6, 6.07) is 22.6. The fraction of sp³-hybridized carbons (Fsp3) is 0.333. The number of aromatic carboxylic acids is 1. The standard InChI is InChI=1S/C29H22N4O4.C21H32F3N3S.CNS.Ru/c34-28(35)19-11-13-30-24(15-19)26-16-20(29(36)37)17-27(32-26)25-18-23(12-14-31-25)33(21-7-3-1-4-8-21)22-9-5-2-6-10-22;1-3-4-5-6-7-8-9-15-12-14(2)20(28-15)18-11-10-17(27-18)16(25)13-19(26)21(22,23)24;2-1-3;/h1-12,14-18,25H,13H2,(H,34,35)(H,36,37);10-11,15-16,19,25H,3-9,12-13,26H2,1-2H3;;/q2*-2;-1;+4. The number of halogens is 3. The summed E-state index contributed by atoms with van der Waals surface area (Å²) in [5.41, 5.74) is 19.5. The van der Waals surface area contributed by atoms with Gasteiger partial charge < -0.3 is 47.6 Å². The Hall–Kier alpha value is -5.61. The van der Waals surface area contributed by atoms with Gasteiger partial charge in [-0.2, -0.15) is 30.2 Å². The molecule has 3 aliphatic heterocycles. The second-order valence-corrected chi connectivity index (χ2v) is 17.7. The van der Waals surface area contributed by atoms with E-state index in [0.29, 0.717) is 22.3 Å². The molecule has 69 heavy (non-hydrogen) atoms. The van der Waals surface area contributed by atoms with E-state index in [1.54, 1.807) is 12.3 Å². The summed E-state index contributed by atoms with van der Waals surface area (Å²) in [6.07, 6.45) is 13.4. The van der Waals surface area contributed by atoms with Gasteiger partial charge in [-0.3, -0.25) is 4.98 Å². The molecule has 5 N–H and O–H groups in total. The molecule has 4 aromatic rings. The number of benzene rings is 2. The SMILES string of the molecule is CCCCCCCCC1CC(C)=C(c2ccc(C([NH-])CC(N)C(F)(F)F)[n-]2)S1.O=C(O)C1=CC[N-]C(c2cc(C(=O)O)cc(C3C=C(N(c4ccccc4)c4ccccc4)C=C[N-]3)n2)=C1.[N-]=C=S.[Ru+4]. The average molecular weight is 1070 g/mol. The van der Waals surface area contributed by atoms with E-state index in [2.05, 4.69) is 51.6 Å². The predicted octanol–water partition coefficient (Wildman–Crippen LogP) is 13.8. The Morgan fingerprint density at radius 3 is 2.25 bits per heavy atom. The van der Waals surface area contributed by atoms with Crippen LogP contribution in [-0.2, 0) is 24.3 Å². The summed E-state index contributed by atoms with van der Waals surface area (Å²) in [7, 11) is 0. The summed E-state index contributed by atoms with van der Waals surface area (Å²) >= 11 is 5.53. The van der Waals surface area contributed by atoms with Crippen LogP contribution in [0.15, 0.2) is 132 Å². The number of thiocarbonyl (C=S) groups is 1. The molecule has 0 radical (unpaired) electrons.